The van der Waals surface area contributed by atoms with E-state index in [1.807, 2.05) is 24.4 Å². The number of anilines is 1. The third-order valence-corrected chi connectivity index (χ3v) is 6.65. The summed E-state index contributed by atoms with van der Waals surface area (Å²) in [7, 11) is 1.73. The van der Waals surface area contributed by atoms with Gasteiger partial charge in [-0.15, -0.1) is 0 Å². The Hall–Kier alpha value is -3.76. The van der Waals surface area contributed by atoms with Gasteiger partial charge in [0, 0.05) is 25.9 Å². The summed E-state index contributed by atoms with van der Waals surface area (Å²) in [6.07, 6.45) is 7.22. The van der Waals surface area contributed by atoms with Gasteiger partial charge in [-0.05, 0) is 53.4 Å². The van der Waals surface area contributed by atoms with Gasteiger partial charge in [-0.2, -0.15) is 0 Å². The first-order valence-corrected chi connectivity index (χ1v) is 12.5. The molecule has 1 aromatic carbocycles. The third-order valence-electron chi connectivity index (χ3n) is 6.14. The van der Waals surface area contributed by atoms with Crippen molar-refractivity contribution >= 4 is 52.8 Å². The van der Waals surface area contributed by atoms with Crippen molar-refractivity contribution in [2.24, 2.45) is 4.99 Å². The van der Waals surface area contributed by atoms with Crippen molar-refractivity contribution < 1.29 is 14.3 Å². The number of hydrogen-bond donors (Lipinski definition) is 4. The molecule has 11 heteroatoms. The lowest BCUT2D eigenvalue weighted by Gasteiger charge is -2.24. The van der Waals surface area contributed by atoms with Gasteiger partial charge in [-0.25, -0.2) is 9.78 Å². The SMILES string of the molecule is C=CC1=C(C=NC)C(NC(=S)NNc2ncc(C(=O)NC3CCOC3=O)cc2Cl)c2ccccc2CC1. The molecule has 37 heavy (non-hydrogen) atoms. The van der Waals surface area contributed by atoms with Crippen LogP contribution >= 0.6 is 23.8 Å². The second-order valence-corrected chi connectivity index (χ2v) is 9.28. The van der Waals surface area contributed by atoms with E-state index in [0.717, 1.165) is 29.6 Å². The summed E-state index contributed by atoms with van der Waals surface area (Å²) in [4.78, 5) is 32.5. The van der Waals surface area contributed by atoms with Crippen LogP contribution in [0.25, 0.3) is 0 Å². The zero-order valence-corrected chi connectivity index (χ0v) is 21.8. The first-order valence-electron chi connectivity index (χ1n) is 11.7. The standard InChI is InChI=1S/C26H27ClN6O3S/c1-3-15-8-9-16-6-4-5-7-18(16)22(19(15)14-28-2)31-26(37)33-32-23-20(27)12-17(13-29-23)24(34)30-21-10-11-36-25(21)35/h3-7,12-14,21-22H,1,8-11H2,2H3,(H,29,32)(H,30,34)(H2,31,33,37). The number of thiocarbonyl (C=S) groups is 1. The first kappa shape index (κ1) is 26.3. The number of pyridine rings is 1. The van der Waals surface area contributed by atoms with Gasteiger partial charge in [0.15, 0.2) is 10.9 Å². The molecule has 2 heterocycles. The Balaban J connectivity index is 1.45. The molecule has 0 radical (unpaired) electrons. The van der Waals surface area contributed by atoms with Gasteiger partial charge in [0.25, 0.3) is 5.91 Å². The minimum Gasteiger partial charge on any atom is -0.464 e. The van der Waals surface area contributed by atoms with Crippen molar-refractivity contribution in [1.29, 1.82) is 0 Å². The van der Waals surface area contributed by atoms with E-state index in [4.69, 9.17) is 28.6 Å². The summed E-state index contributed by atoms with van der Waals surface area (Å²) in [5, 5.41) is 6.49. The molecule has 0 spiro atoms. The molecule has 2 aromatic rings. The number of aromatic nitrogens is 1. The maximum Gasteiger partial charge on any atom is 0.328 e. The van der Waals surface area contributed by atoms with Crippen LogP contribution in [0, 0.1) is 0 Å². The van der Waals surface area contributed by atoms with Crippen LogP contribution in [-0.2, 0) is 16.0 Å². The molecule has 1 fully saturated rings. The van der Waals surface area contributed by atoms with E-state index in [9.17, 15) is 9.59 Å². The van der Waals surface area contributed by atoms with Crippen molar-refractivity contribution in [3.8, 4) is 0 Å². The number of cyclic esters (lactones) is 1. The maximum atomic E-state index is 12.5. The van der Waals surface area contributed by atoms with Crippen LogP contribution in [0.5, 0.6) is 0 Å². The minimum atomic E-state index is -0.665. The number of fused-ring (bicyclic) bond motifs is 1. The highest BCUT2D eigenvalue weighted by atomic mass is 35.5. The normalized spacial score (nSPS) is 19.0. The second kappa shape index (κ2) is 12.0. The van der Waals surface area contributed by atoms with Gasteiger partial charge in [0.05, 0.1) is 23.2 Å². The van der Waals surface area contributed by atoms with E-state index in [2.05, 4.69) is 50.2 Å². The van der Waals surface area contributed by atoms with Crippen molar-refractivity contribution in [2.45, 2.75) is 31.3 Å². The molecule has 9 nitrogen and oxygen atoms in total. The van der Waals surface area contributed by atoms with Crippen molar-refractivity contribution in [3.05, 3.63) is 82.0 Å². The molecular formula is C26H27ClN6O3S. The zero-order valence-electron chi connectivity index (χ0n) is 20.2. The Morgan fingerprint density at radius 2 is 2.11 bits per heavy atom. The lowest BCUT2D eigenvalue weighted by atomic mass is 9.95. The fraction of sp³-hybridized carbons (Fsp3) is 0.269. The van der Waals surface area contributed by atoms with E-state index >= 15 is 0 Å². The topological polar surface area (TPSA) is 117 Å². The maximum absolute atomic E-state index is 12.5. The summed E-state index contributed by atoms with van der Waals surface area (Å²) >= 11 is 11.9. The summed E-state index contributed by atoms with van der Waals surface area (Å²) in [5.74, 6) is -0.630. The number of esters is 1. The van der Waals surface area contributed by atoms with E-state index in [1.54, 1.807) is 7.05 Å². The highest BCUT2D eigenvalue weighted by Crippen LogP contribution is 2.33. The molecule has 4 rings (SSSR count). The van der Waals surface area contributed by atoms with Crippen LogP contribution in [0.1, 0.15) is 40.4 Å². The van der Waals surface area contributed by atoms with Gasteiger partial charge in [0.1, 0.15) is 6.04 Å². The van der Waals surface area contributed by atoms with Crippen LogP contribution in [0.4, 0.5) is 5.82 Å². The molecule has 1 aliphatic heterocycles. The number of benzene rings is 1. The number of aryl methyl sites for hydroxylation is 1. The molecule has 2 atom stereocenters. The molecule has 1 aliphatic carbocycles. The number of carbonyl (C=O) groups excluding carboxylic acids is 2. The molecule has 1 amide bonds. The molecule has 0 saturated carbocycles. The third kappa shape index (κ3) is 6.15. The number of hydrogen-bond acceptors (Lipinski definition) is 7. The Kier molecular flexibility index (Phi) is 8.52. The van der Waals surface area contributed by atoms with Crippen LogP contribution < -0.4 is 21.5 Å². The Labute approximate surface area is 225 Å². The summed E-state index contributed by atoms with van der Waals surface area (Å²) in [5.41, 5.74) is 10.4. The molecule has 1 saturated heterocycles. The number of hydrazine groups is 1. The van der Waals surface area contributed by atoms with Crippen molar-refractivity contribution in [2.75, 3.05) is 19.1 Å². The minimum absolute atomic E-state index is 0.199. The fourth-order valence-electron chi connectivity index (χ4n) is 4.29. The number of allylic oxidation sites excluding steroid dienone is 2. The van der Waals surface area contributed by atoms with E-state index in [0.29, 0.717) is 11.5 Å². The number of nitrogens with one attached hydrogen (secondary N) is 4. The lowest BCUT2D eigenvalue weighted by Crippen LogP contribution is -2.42. The molecule has 192 valence electrons. The Morgan fingerprint density at radius 1 is 1.30 bits per heavy atom. The molecule has 2 aliphatic rings. The predicted molar refractivity (Wildman–Crippen MR) is 148 cm³/mol. The van der Waals surface area contributed by atoms with Crippen molar-refractivity contribution in [3.63, 3.8) is 0 Å². The smallest absolute Gasteiger partial charge is 0.328 e. The second-order valence-electron chi connectivity index (χ2n) is 8.46. The number of halogens is 1. The van der Waals surface area contributed by atoms with Gasteiger partial charge < -0.3 is 15.4 Å². The lowest BCUT2D eigenvalue weighted by molar-refractivity contribution is -0.139. The monoisotopic (exact) mass is 538 g/mol. The first-order chi connectivity index (χ1) is 17.9. The highest BCUT2D eigenvalue weighted by molar-refractivity contribution is 7.80. The predicted octanol–water partition coefficient (Wildman–Crippen LogP) is 3.44. The van der Waals surface area contributed by atoms with Crippen LogP contribution in [-0.4, -0.2) is 47.9 Å². The van der Waals surface area contributed by atoms with Crippen LogP contribution in [0.15, 0.2) is 65.3 Å². The van der Waals surface area contributed by atoms with E-state index in [1.165, 1.54) is 17.8 Å². The fourth-order valence-corrected chi connectivity index (χ4v) is 4.67. The molecule has 4 N–H and O–H groups in total. The van der Waals surface area contributed by atoms with Gasteiger partial charge in [-0.3, -0.25) is 20.6 Å². The average Bonchev–Trinajstić information content (AvgIpc) is 3.23. The quantitative estimate of drug-likeness (QED) is 0.183. The summed E-state index contributed by atoms with van der Waals surface area (Å²) in [6, 6.07) is 8.77. The molecule has 1 aromatic heterocycles. The van der Waals surface area contributed by atoms with Crippen LogP contribution in [0.2, 0.25) is 5.02 Å². The number of ether oxygens (including phenoxy) is 1. The van der Waals surface area contributed by atoms with Gasteiger partial charge >= 0.3 is 5.97 Å². The number of carbonyl (C=O) groups is 2. The average molecular weight is 539 g/mol. The van der Waals surface area contributed by atoms with Crippen LogP contribution in [0.3, 0.4) is 0 Å². The number of amides is 1. The van der Waals surface area contributed by atoms with Crippen molar-refractivity contribution in [1.82, 2.24) is 21.0 Å². The highest BCUT2D eigenvalue weighted by Gasteiger charge is 2.28. The molecule has 2 unspecified atom stereocenters. The molecule has 0 bridgehead atoms. The summed E-state index contributed by atoms with van der Waals surface area (Å²) < 4.78 is 4.87. The zero-order chi connectivity index (χ0) is 26.4. The molecular weight excluding hydrogens is 512 g/mol. The Morgan fingerprint density at radius 3 is 2.81 bits per heavy atom. The van der Waals surface area contributed by atoms with Gasteiger partial charge in [0.2, 0.25) is 0 Å². The summed E-state index contributed by atoms with van der Waals surface area (Å²) in [6.45, 7) is 4.28. The largest absolute Gasteiger partial charge is 0.464 e. The number of nitrogens with zero attached hydrogens (tertiary/aromatic N) is 2. The number of aliphatic imine (C=N–C) groups is 1. The van der Waals surface area contributed by atoms with Gasteiger partial charge in [-0.1, -0.05) is 48.5 Å². The Bertz CT molecular complexity index is 1290. The number of rotatable bonds is 7. The van der Waals surface area contributed by atoms with E-state index in [-0.39, 0.29) is 29.1 Å². The van der Waals surface area contributed by atoms with E-state index < -0.39 is 17.9 Å².